The van der Waals surface area contributed by atoms with Gasteiger partial charge in [-0.05, 0) is 69.5 Å². The van der Waals surface area contributed by atoms with E-state index < -0.39 is 0 Å². The fraction of sp³-hybridized carbons (Fsp3) is 0.382. The first-order valence-electron chi connectivity index (χ1n) is 15.2. The largest absolute Gasteiger partial charge is 0.494 e. The number of benzene rings is 2. The number of hydrogen-bond donors (Lipinski definition) is 3. The van der Waals surface area contributed by atoms with Crippen molar-refractivity contribution in [1.29, 1.82) is 0 Å². The fourth-order valence-corrected chi connectivity index (χ4v) is 5.78. The van der Waals surface area contributed by atoms with Gasteiger partial charge in [0.25, 0.3) is 0 Å². The molecule has 4 aromatic rings. The zero-order chi connectivity index (χ0) is 31.2. The number of methoxy groups -OCH3 is 1. The standard InChI is InChI=1S/C34H43N7O3/c1-6-31(43)36-27-19-28(30(44-5)20-29(27)40(4)17-16-39(2)3)37-34-35-21-24(11-7-8-18-42)32(38-34)26-22-41-15-10-13-23-12-9-14-25(26)33(23)41/h6,9,12,14,19-22,42H,1,7-8,10-11,13,15-18H2,2-5H3,(H,36,43)(H,35,37,38). The lowest BCUT2D eigenvalue weighted by atomic mass is 9.99. The Balaban J connectivity index is 1.56. The molecule has 232 valence electrons. The lowest BCUT2D eigenvalue weighted by molar-refractivity contribution is -0.111. The molecule has 0 spiro atoms. The number of para-hydroxylation sites is 1. The van der Waals surface area contributed by atoms with Crippen LogP contribution >= 0.6 is 0 Å². The van der Waals surface area contributed by atoms with E-state index in [1.807, 2.05) is 39.5 Å². The second kappa shape index (κ2) is 13.9. The van der Waals surface area contributed by atoms with Crippen molar-refractivity contribution in [2.24, 2.45) is 0 Å². The number of nitrogens with one attached hydrogen (secondary N) is 2. The van der Waals surface area contributed by atoms with E-state index in [4.69, 9.17) is 14.7 Å². The molecule has 10 heteroatoms. The van der Waals surface area contributed by atoms with Crippen LogP contribution in [0, 0.1) is 0 Å². The number of carbonyl (C=O) groups excluding carboxylic acids is 1. The van der Waals surface area contributed by atoms with Crippen molar-refractivity contribution in [3.63, 3.8) is 0 Å². The monoisotopic (exact) mass is 597 g/mol. The normalized spacial score (nSPS) is 12.4. The molecule has 1 amide bonds. The van der Waals surface area contributed by atoms with Crippen LogP contribution in [0.25, 0.3) is 22.2 Å². The summed E-state index contributed by atoms with van der Waals surface area (Å²) in [5.41, 5.74) is 7.70. The van der Waals surface area contributed by atoms with E-state index in [0.29, 0.717) is 23.1 Å². The van der Waals surface area contributed by atoms with Crippen molar-refractivity contribution in [2.75, 3.05) is 63.5 Å². The van der Waals surface area contributed by atoms with Crippen LogP contribution in [0.1, 0.15) is 30.4 Å². The molecule has 44 heavy (non-hydrogen) atoms. The van der Waals surface area contributed by atoms with Crippen LogP contribution in [-0.2, 0) is 24.2 Å². The summed E-state index contributed by atoms with van der Waals surface area (Å²) >= 11 is 0. The van der Waals surface area contributed by atoms with Crippen LogP contribution in [0.2, 0.25) is 0 Å². The van der Waals surface area contributed by atoms with Gasteiger partial charge >= 0.3 is 0 Å². The molecule has 3 heterocycles. The third-order valence-electron chi connectivity index (χ3n) is 8.10. The second-order valence-electron chi connectivity index (χ2n) is 11.5. The summed E-state index contributed by atoms with van der Waals surface area (Å²) in [5, 5.41) is 16.9. The third kappa shape index (κ3) is 6.71. The van der Waals surface area contributed by atoms with Gasteiger partial charge in [-0.25, -0.2) is 9.97 Å². The van der Waals surface area contributed by atoms with Gasteiger partial charge in [0, 0.05) is 62.7 Å². The number of likely N-dealkylation sites (N-methyl/N-ethyl adjacent to an activating group) is 2. The van der Waals surface area contributed by atoms with E-state index in [-0.39, 0.29) is 12.5 Å². The minimum Gasteiger partial charge on any atom is -0.494 e. The van der Waals surface area contributed by atoms with Crippen molar-refractivity contribution >= 4 is 39.8 Å². The molecule has 10 nitrogen and oxygen atoms in total. The molecule has 0 atom stereocenters. The molecule has 0 saturated heterocycles. The molecule has 0 saturated carbocycles. The fourth-order valence-electron chi connectivity index (χ4n) is 5.78. The van der Waals surface area contributed by atoms with Crippen molar-refractivity contribution in [3.8, 4) is 17.0 Å². The summed E-state index contributed by atoms with van der Waals surface area (Å²) in [6.07, 6.45) is 9.87. The molecule has 0 aliphatic carbocycles. The lowest BCUT2D eigenvalue weighted by Gasteiger charge is -2.26. The van der Waals surface area contributed by atoms with E-state index in [1.54, 1.807) is 7.11 Å². The van der Waals surface area contributed by atoms with E-state index in [2.05, 4.69) is 56.0 Å². The number of ether oxygens (including phenoxy) is 1. The number of anilines is 4. The molecular formula is C34H43N7O3. The highest BCUT2D eigenvalue weighted by molar-refractivity contribution is 6.02. The predicted molar refractivity (Wildman–Crippen MR) is 178 cm³/mol. The lowest BCUT2D eigenvalue weighted by Crippen LogP contribution is -2.29. The summed E-state index contributed by atoms with van der Waals surface area (Å²) < 4.78 is 8.15. The average molecular weight is 598 g/mol. The molecule has 1 aliphatic rings. The Morgan fingerprint density at radius 3 is 2.77 bits per heavy atom. The highest BCUT2D eigenvalue weighted by atomic mass is 16.5. The average Bonchev–Trinajstić information content (AvgIpc) is 3.40. The second-order valence-corrected chi connectivity index (χ2v) is 11.5. The van der Waals surface area contributed by atoms with Gasteiger partial charge < -0.3 is 34.8 Å². The Kier molecular flexibility index (Phi) is 9.82. The maximum Gasteiger partial charge on any atom is 0.247 e. The Bertz CT molecular complexity index is 1650. The van der Waals surface area contributed by atoms with Gasteiger partial charge in [-0.15, -0.1) is 0 Å². The smallest absolute Gasteiger partial charge is 0.247 e. The predicted octanol–water partition coefficient (Wildman–Crippen LogP) is 5.23. The SMILES string of the molecule is C=CC(=O)Nc1cc(Nc2ncc(CCCCO)c(-c3cn4c5c(cccc35)CCC4)n2)c(OC)cc1N(C)CCN(C)C. The number of aromatic nitrogens is 3. The van der Waals surface area contributed by atoms with Gasteiger partial charge in [-0.2, -0.15) is 0 Å². The van der Waals surface area contributed by atoms with Crippen LogP contribution in [0.4, 0.5) is 23.0 Å². The van der Waals surface area contributed by atoms with Gasteiger partial charge in [0.05, 0.1) is 35.4 Å². The first-order chi connectivity index (χ1) is 21.3. The maximum absolute atomic E-state index is 12.4. The molecule has 0 bridgehead atoms. The first-order valence-corrected chi connectivity index (χ1v) is 15.2. The summed E-state index contributed by atoms with van der Waals surface area (Å²) in [6.45, 7) is 6.35. The van der Waals surface area contributed by atoms with Crippen LogP contribution in [0.15, 0.2) is 55.4 Å². The molecule has 0 fully saturated rings. The van der Waals surface area contributed by atoms with Crippen molar-refractivity contribution in [3.05, 3.63) is 66.5 Å². The summed E-state index contributed by atoms with van der Waals surface area (Å²) in [5.74, 6) is 0.714. The maximum atomic E-state index is 12.4. The van der Waals surface area contributed by atoms with E-state index >= 15 is 0 Å². The van der Waals surface area contributed by atoms with Gasteiger partial charge in [0.15, 0.2) is 0 Å². The molecule has 2 aromatic heterocycles. The van der Waals surface area contributed by atoms with E-state index in [0.717, 1.165) is 74.2 Å². The van der Waals surface area contributed by atoms with Gasteiger partial charge in [-0.3, -0.25) is 4.79 Å². The topological polar surface area (TPSA) is 108 Å². The summed E-state index contributed by atoms with van der Waals surface area (Å²) in [7, 11) is 7.66. The Morgan fingerprint density at radius 2 is 2.02 bits per heavy atom. The van der Waals surface area contributed by atoms with Crippen LogP contribution in [0.3, 0.4) is 0 Å². The van der Waals surface area contributed by atoms with Crippen LogP contribution < -0.4 is 20.3 Å². The van der Waals surface area contributed by atoms with Crippen LogP contribution in [-0.4, -0.2) is 78.4 Å². The number of aryl methyl sites for hydroxylation is 3. The Morgan fingerprint density at radius 1 is 1.18 bits per heavy atom. The number of aliphatic hydroxyl groups is 1. The number of hydrogen-bond acceptors (Lipinski definition) is 8. The molecule has 0 radical (unpaired) electrons. The minimum absolute atomic E-state index is 0.156. The molecule has 1 aliphatic heterocycles. The highest BCUT2D eigenvalue weighted by Crippen LogP contribution is 2.39. The number of carbonyl (C=O) groups is 1. The van der Waals surface area contributed by atoms with Gasteiger partial charge in [0.2, 0.25) is 11.9 Å². The highest BCUT2D eigenvalue weighted by Gasteiger charge is 2.21. The molecule has 0 unspecified atom stereocenters. The number of aliphatic hydroxyl groups excluding tert-OH is 1. The number of amides is 1. The van der Waals surface area contributed by atoms with Gasteiger partial charge in [0.1, 0.15) is 5.75 Å². The van der Waals surface area contributed by atoms with Crippen molar-refractivity contribution in [1.82, 2.24) is 19.4 Å². The van der Waals surface area contributed by atoms with Crippen molar-refractivity contribution < 1.29 is 14.6 Å². The zero-order valence-electron chi connectivity index (χ0n) is 26.2. The summed E-state index contributed by atoms with van der Waals surface area (Å²) in [6, 6.07) is 10.3. The van der Waals surface area contributed by atoms with Crippen LogP contribution in [0.5, 0.6) is 5.75 Å². The minimum atomic E-state index is -0.303. The number of rotatable bonds is 14. The van der Waals surface area contributed by atoms with Gasteiger partial charge in [-0.1, -0.05) is 24.8 Å². The zero-order valence-corrected chi connectivity index (χ0v) is 26.2. The molecule has 2 aromatic carbocycles. The van der Waals surface area contributed by atoms with E-state index in [9.17, 15) is 9.90 Å². The third-order valence-corrected chi connectivity index (χ3v) is 8.10. The quantitative estimate of drug-likeness (QED) is 0.134. The molecule has 5 rings (SSSR count). The Labute approximate surface area is 259 Å². The van der Waals surface area contributed by atoms with Crippen molar-refractivity contribution in [2.45, 2.75) is 38.6 Å². The number of nitrogens with zero attached hydrogens (tertiary/aromatic N) is 5. The summed E-state index contributed by atoms with van der Waals surface area (Å²) in [4.78, 5) is 26.4. The molecular weight excluding hydrogens is 554 g/mol. The molecule has 3 N–H and O–H groups in total. The van der Waals surface area contributed by atoms with E-state index in [1.165, 1.54) is 22.5 Å². The Hall–Kier alpha value is -4.41. The first kappa shape index (κ1) is 31.0. The number of unbranched alkanes of at least 4 members (excludes halogenated alkanes) is 1.